The van der Waals surface area contributed by atoms with Crippen molar-refractivity contribution in [2.24, 2.45) is 11.8 Å². The van der Waals surface area contributed by atoms with Gasteiger partial charge in [-0.15, -0.1) is 0 Å². The quantitative estimate of drug-likeness (QED) is 0.0417. The zero-order valence-corrected chi connectivity index (χ0v) is 36.9. The number of carbonyl (C=O) groups excluding carboxylic acids is 3. The summed E-state index contributed by atoms with van der Waals surface area (Å²) in [6.45, 7) is 8.72. The number of nitrogens with one attached hydrogen (secondary N) is 2. The fourth-order valence-electron chi connectivity index (χ4n) is 6.43. The van der Waals surface area contributed by atoms with Crippen molar-refractivity contribution in [2.45, 2.75) is 117 Å². The highest BCUT2D eigenvalue weighted by Crippen LogP contribution is 2.20. The van der Waals surface area contributed by atoms with Gasteiger partial charge in [0.25, 0.3) is 0 Å². The number of ether oxygens (including phenoxy) is 3. The molecule has 0 bridgehead atoms. The van der Waals surface area contributed by atoms with Crippen molar-refractivity contribution in [3.63, 3.8) is 0 Å². The highest BCUT2D eigenvalue weighted by atomic mass is 16.5. The molecular formula is C50H68N2O9. The van der Waals surface area contributed by atoms with Crippen LogP contribution in [0.3, 0.4) is 0 Å². The highest BCUT2D eigenvalue weighted by molar-refractivity contribution is 5.77. The minimum atomic E-state index is -0.635. The van der Waals surface area contributed by atoms with E-state index in [2.05, 4.69) is 24.5 Å². The molecule has 0 fully saturated rings. The fraction of sp³-hybridized carbons (Fsp3) is 0.440. The van der Waals surface area contributed by atoms with Crippen LogP contribution in [-0.2, 0) is 54.7 Å². The normalized spacial score (nSPS) is 11.6. The Kier molecular flexibility index (Phi) is 25.8. The Morgan fingerprint density at radius 1 is 0.508 bits per heavy atom. The first kappa shape index (κ1) is 51.6. The fourth-order valence-corrected chi connectivity index (χ4v) is 6.43. The molecular weight excluding hydrogens is 773 g/mol. The van der Waals surface area contributed by atoms with Gasteiger partial charge in [-0.1, -0.05) is 138 Å². The molecule has 0 radical (unpaired) electrons. The molecule has 0 saturated carbocycles. The van der Waals surface area contributed by atoms with Crippen LogP contribution >= 0.6 is 0 Å². The molecule has 0 aliphatic rings. The van der Waals surface area contributed by atoms with Crippen molar-refractivity contribution < 1.29 is 43.6 Å². The number of carboxylic acids is 1. The van der Waals surface area contributed by atoms with Gasteiger partial charge in [0, 0.05) is 0 Å². The number of phenols is 1. The molecule has 4 rings (SSSR count). The summed E-state index contributed by atoms with van der Waals surface area (Å²) < 4.78 is 16.3. The van der Waals surface area contributed by atoms with E-state index >= 15 is 0 Å². The topological polar surface area (TPSA) is 160 Å². The molecule has 2 atom stereocenters. The van der Waals surface area contributed by atoms with E-state index in [1.807, 2.05) is 86.6 Å². The monoisotopic (exact) mass is 840 g/mol. The van der Waals surface area contributed by atoms with Crippen molar-refractivity contribution in [1.29, 1.82) is 0 Å². The summed E-state index contributed by atoms with van der Waals surface area (Å²) in [6, 6.07) is 32.5. The number of carboxylic acid groups (broad SMARTS) is 1. The van der Waals surface area contributed by atoms with Crippen molar-refractivity contribution in [1.82, 2.24) is 10.6 Å². The average molecular weight is 841 g/mol. The number of hydrogen-bond donors (Lipinski definition) is 4. The van der Waals surface area contributed by atoms with Crippen molar-refractivity contribution in [3.05, 3.63) is 131 Å². The Bertz CT molecular complexity index is 1790. The lowest BCUT2D eigenvalue weighted by Crippen LogP contribution is -2.37. The highest BCUT2D eigenvalue weighted by Gasteiger charge is 2.21. The maximum atomic E-state index is 12.4. The van der Waals surface area contributed by atoms with Gasteiger partial charge in [0.1, 0.15) is 36.8 Å². The summed E-state index contributed by atoms with van der Waals surface area (Å²) in [6.07, 6.45) is 8.21. The number of aromatic hydroxyl groups is 1. The number of hydrogen-bond acceptors (Lipinski definition) is 10. The number of aliphatic carboxylic acids is 1. The maximum absolute atomic E-state index is 12.4. The molecule has 0 aromatic heterocycles. The van der Waals surface area contributed by atoms with Crippen LogP contribution in [0.1, 0.15) is 101 Å². The summed E-state index contributed by atoms with van der Waals surface area (Å²) in [7, 11) is 3.47. The summed E-state index contributed by atoms with van der Waals surface area (Å²) in [5.74, 6) is -0.774. The zero-order chi connectivity index (χ0) is 44.8. The summed E-state index contributed by atoms with van der Waals surface area (Å²) in [5.41, 5.74) is 3.84. The van der Waals surface area contributed by atoms with Crippen LogP contribution in [0.4, 0.5) is 0 Å². The van der Waals surface area contributed by atoms with E-state index < -0.39 is 18.1 Å². The summed E-state index contributed by atoms with van der Waals surface area (Å²) in [5, 5.41) is 23.9. The first-order valence-corrected chi connectivity index (χ1v) is 21.5. The Labute approximate surface area is 363 Å². The second-order valence-electron chi connectivity index (χ2n) is 14.9. The van der Waals surface area contributed by atoms with E-state index in [-0.39, 0.29) is 48.7 Å². The van der Waals surface area contributed by atoms with Crippen molar-refractivity contribution in [3.8, 4) is 11.5 Å². The van der Waals surface area contributed by atoms with Gasteiger partial charge in [-0.25, -0.2) is 0 Å². The molecule has 0 amide bonds. The van der Waals surface area contributed by atoms with E-state index in [0.29, 0.717) is 18.6 Å². The van der Waals surface area contributed by atoms with Crippen LogP contribution < -0.4 is 15.4 Å². The smallest absolute Gasteiger partial charge is 0.323 e. The van der Waals surface area contributed by atoms with Crippen molar-refractivity contribution >= 4 is 23.9 Å². The predicted octanol–water partition coefficient (Wildman–Crippen LogP) is 9.24. The Balaban J connectivity index is 0.000000357. The Morgan fingerprint density at radius 3 is 1.25 bits per heavy atom. The third kappa shape index (κ3) is 21.0. The second-order valence-corrected chi connectivity index (χ2v) is 14.9. The number of rotatable bonds is 23. The van der Waals surface area contributed by atoms with Crippen LogP contribution in [0.15, 0.2) is 109 Å². The number of likely N-dealkylation sites (N-methyl/N-ethyl adjacent to an activating group) is 2. The van der Waals surface area contributed by atoms with Crippen LogP contribution in [0, 0.1) is 11.8 Å². The van der Waals surface area contributed by atoms with E-state index in [9.17, 15) is 24.3 Å². The molecule has 0 heterocycles. The lowest BCUT2D eigenvalue weighted by molar-refractivity contribution is -0.148. The minimum absolute atomic E-state index is 0.0484. The van der Waals surface area contributed by atoms with Crippen LogP contribution in [0.5, 0.6) is 11.5 Å². The molecule has 4 aromatic rings. The van der Waals surface area contributed by atoms with Gasteiger partial charge in [-0.05, 0) is 99.1 Å². The van der Waals surface area contributed by atoms with Crippen LogP contribution in [0.2, 0.25) is 0 Å². The van der Waals surface area contributed by atoms with Gasteiger partial charge in [-0.3, -0.25) is 19.2 Å². The predicted molar refractivity (Wildman–Crippen MR) is 240 cm³/mol. The molecule has 0 spiro atoms. The molecule has 11 nitrogen and oxygen atoms in total. The minimum Gasteiger partial charge on any atom is -0.508 e. The number of phenolic OH excluding ortho intramolecular Hbond substituents is 1. The van der Waals surface area contributed by atoms with Gasteiger partial charge in [0.05, 0.1) is 11.8 Å². The molecule has 0 aliphatic carbocycles. The lowest BCUT2D eigenvalue weighted by Gasteiger charge is -2.16. The first-order valence-electron chi connectivity index (χ1n) is 21.5. The average Bonchev–Trinajstić information content (AvgIpc) is 3.27. The number of benzene rings is 4. The molecule has 11 heteroatoms. The largest absolute Gasteiger partial charge is 0.508 e. The molecule has 4 N–H and O–H groups in total. The third-order valence-corrected chi connectivity index (χ3v) is 9.90. The lowest BCUT2D eigenvalue weighted by atomic mass is 9.98. The molecule has 0 aliphatic heterocycles. The number of esters is 3. The van der Waals surface area contributed by atoms with E-state index in [0.717, 1.165) is 73.6 Å². The molecule has 0 saturated heterocycles. The van der Waals surface area contributed by atoms with Crippen LogP contribution in [0.25, 0.3) is 0 Å². The van der Waals surface area contributed by atoms with Crippen LogP contribution in [-0.4, -0.2) is 60.3 Å². The third-order valence-electron chi connectivity index (χ3n) is 9.90. The van der Waals surface area contributed by atoms with E-state index in [1.54, 1.807) is 50.5 Å². The SMILES string of the molecule is CCCC(CCC)C(=O)O.CCCC(CCC)C(=O)Oc1ccc(C[C@H](NC)C(=O)OCc2ccccc2)cc1.CN[C@@H](Cc1ccc(O)cc1)C(=O)OCc1ccccc1. The standard InChI is InChI=1S/C25H33NO4.C17H19NO3.C8H16O2/c1-4-9-21(10-5-2)24(27)30-22-15-13-19(14-16-22)17-23(26-3)25(28)29-18-20-11-7-6-8-12-20;1-18-16(11-13-7-9-15(19)10-8-13)17(20)21-12-14-5-3-2-4-6-14;1-3-5-7(6-4-2)8(9)10/h6-8,11-16,21,23,26H,4-5,9-10,17-18H2,1-3H3;2-10,16,18-19H,11-12H2,1H3;7H,3-6H2,1-2H3,(H,9,10)/t23-;16-;/m00./s1. The van der Waals surface area contributed by atoms with E-state index in [1.165, 1.54) is 0 Å². The second kappa shape index (κ2) is 30.5. The van der Waals surface area contributed by atoms with Gasteiger partial charge < -0.3 is 35.1 Å². The van der Waals surface area contributed by atoms with Gasteiger partial charge in [-0.2, -0.15) is 0 Å². The summed E-state index contributed by atoms with van der Waals surface area (Å²) in [4.78, 5) is 47.4. The summed E-state index contributed by atoms with van der Waals surface area (Å²) >= 11 is 0. The van der Waals surface area contributed by atoms with Crippen molar-refractivity contribution in [2.75, 3.05) is 14.1 Å². The van der Waals surface area contributed by atoms with Gasteiger partial charge >= 0.3 is 23.9 Å². The maximum Gasteiger partial charge on any atom is 0.323 e. The van der Waals surface area contributed by atoms with E-state index in [4.69, 9.17) is 19.3 Å². The van der Waals surface area contributed by atoms with Gasteiger partial charge in [0.2, 0.25) is 0 Å². The first-order chi connectivity index (χ1) is 29.5. The zero-order valence-electron chi connectivity index (χ0n) is 36.9. The molecule has 332 valence electrons. The molecule has 0 unspecified atom stereocenters. The molecule has 61 heavy (non-hydrogen) atoms. The Hall–Kier alpha value is -5.52. The Morgan fingerprint density at radius 2 is 0.885 bits per heavy atom. The molecule has 4 aromatic carbocycles. The van der Waals surface area contributed by atoms with Gasteiger partial charge in [0.15, 0.2) is 0 Å². The number of carbonyl (C=O) groups is 4.